The van der Waals surface area contributed by atoms with Gasteiger partial charge in [0.1, 0.15) is 5.75 Å². The molecule has 1 aromatic rings. The van der Waals surface area contributed by atoms with Crippen molar-refractivity contribution in [3.05, 3.63) is 29.8 Å². The Balaban J connectivity index is 2.42. The quantitative estimate of drug-likeness (QED) is 0.716. The molecule has 1 aromatic carbocycles. The number of methoxy groups -OCH3 is 1. The third-order valence-corrected chi connectivity index (χ3v) is 2.85. The third-order valence-electron chi connectivity index (χ3n) is 2.85. The number of carbonyl (C=O) groups is 2. The Bertz CT molecular complexity index is 442. The second kappa shape index (κ2) is 8.19. The largest absolute Gasteiger partial charge is 0.497 e. The number of hydrogen-bond donors (Lipinski definition) is 0. The van der Waals surface area contributed by atoms with Crippen LogP contribution in [0.5, 0.6) is 5.75 Å². The molecule has 0 aliphatic rings. The van der Waals surface area contributed by atoms with Crippen LogP contribution in [0.3, 0.4) is 0 Å². The van der Waals surface area contributed by atoms with Crippen molar-refractivity contribution in [3.63, 3.8) is 0 Å². The van der Waals surface area contributed by atoms with Gasteiger partial charge in [-0.1, -0.05) is 12.1 Å². The monoisotopic (exact) mass is 279 g/mol. The molecule has 0 atom stereocenters. The van der Waals surface area contributed by atoms with Crippen LogP contribution in [0.1, 0.15) is 25.3 Å². The molecule has 5 nitrogen and oxygen atoms in total. The van der Waals surface area contributed by atoms with Crippen LogP contribution in [0.25, 0.3) is 0 Å². The number of nitrogens with zero attached hydrogens (tertiary/aromatic N) is 1. The lowest BCUT2D eigenvalue weighted by atomic mass is 10.2. The summed E-state index contributed by atoms with van der Waals surface area (Å²) >= 11 is 0. The van der Waals surface area contributed by atoms with E-state index in [0.29, 0.717) is 13.2 Å². The maximum Gasteiger partial charge on any atom is 0.306 e. The minimum atomic E-state index is -0.335. The van der Waals surface area contributed by atoms with Crippen molar-refractivity contribution >= 4 is 11.9 Å². The summed E-state index contributed by atoms with van der Waals surface area (Å²) in [5, 5.41) is 0. The summed E-state index contributed by atoms with van der Waals surface area (Å²) in [5.74, 6) is 0.373. The van der Waals surface area contributed by atoms with Crippen molar-refractivity contribution < 1.29 is 19.1 Å². The van der Waals surface area contributed by atoms with Gasteiger partial charge in [-0.05, 0) is 24.6 Å². The van der Waals surface area contributed by atoms with Crippen molar-refractivity contribution in [1.29, 1.82) is 0 Å². The van der Waals surface area contributed by atoms with Gasteiger partial charge in [0, 0.05) is 20.0 Å². The average Bonchev–Trinajstić information content (AvgIpc) is 2.45. The van der Waals surface area contributed by atoms with Gasteiger partial charge in [-0.25, -0.2) is 0 Å². The predicted molar refractivity (Wildman–Crippen MR) is 75.3 cm³/mol. The summed E-state index contributed by atoms with van der Waals surface area (Å²) in [6.45, 7) is 2.59. The molecule has 0 unspecified atom stereocenters. The molecule has 0 radical (unpaired) electrons. The molecule has 0 N–H and O–H groups in total. The molecule has 1 rings (SSSR count). The molecule has 0 aliphatic carbocycles. The fourth-order valence-electron chi connectivity index (χ4n) is 1.73. The lowest BCUT2D eigenvalue weighted by Crippen LogP contribution is -2.26. The number of hydrogen-bond acceptors (Lipinski definition) is 4. The summed E-state index contributed by atoms with van der Waals surface area (Å²) in [5.41, 5.74) is 1.01. The van der Waals surface area contributed by atoms with Crippen LogP contribution < -0.4 is 4.74 Å². The SMILES string of the molecule is CCOC(=O)CCC(=O)N(C)Cc1ccc(OC)cc1. The van der Waals surface area contributed by atoms with Gasteiger partial charge in [0.15, 0.2) is 0 Å². The molecule has 0 bridgehead atoms. The standard InChI is InChI=1S/C15H21NO4/c1-4-20-15(18)10-9-14(17)16(2)11-12-5-7-13(19-3)8-6-12/h5-8H,4,9-11H2,1-3H3. The van der Waals surface area contributed by atoms with E-state index in [2.05, 4.69) is 0 Å². The molecule has 0 saturated heterocycles. The number of amides is 1. The first-order valence-corrected chi connectivity index (χ1v) is 6.59. The van der Waals surface area contributed by atoms with Crippen LogP contribution >= 0.6 is 0 Å². The zero-order chi connectivity index (χ0) is 15.0. The van der Waals surface area contributed by atoms with Crippen LogP contribution in [0.2, 0.25) is 0 Å². The van der Waals surface area contributed by atoms with Gasteiger partial charge in [0.25, 0.3) is 0 Å². The van der Waals surface area contributed by atoms with Crippen LogP contribution in [0.15, 0.2) is 24.3 Å². The van der Waals surface area contributed by atoms with E-state index in [-0.39, 0.29) is 24.7 Å². The fraction of sp³-hybridized carbons (Fsp3) is 0.467. The summed E-state index contributed by atoms with van der Waals surface area (Å²) in [6.07, 6.45) is 0.297. The molecule has 0 saturated carbocycles. The Hall–Kier alpha value is -2.04. The minimum Gasteiger partial charge on any atom is -0.497 e. The summed E-state index contributed by atoms with van der Waals surface area (Å²) in [6, 6.07) is 7.53. The predicted octanol–water partition coefficient (Wildman–Crippen LogP) is 2.00. The molecule has 1 amide bonds. The van der Waals surface area contributed by atoms with Gasteiger partial charge >= 0.3 is 5.97 Å². The molecule has 0 aliphatic heterocycles. The maximum atomic E-state index is 11.9. The van der Waals surface area contributed by atoms with E-state index in [1.165, 1.54) is 0 Å². The highest BCUT2D eigenvalue weighted by molar-refractivity contribution is 5.81. The topological polar surface area (TPSA) is 55.8 Å². The summed E-state index contributed by atoms with van der Waals surface area (Å²) in [4.78, 5) is 24.7. The van der Waals surface area contributed by atoms with Crippen molar-refractivity contribution in [2.45, 2.75) is 26.3 Å². The van der Waals surface area contributed by atoms with E-state index in [1.54, 1.807) is 26.0 Å². The van der Waals surface area contributed by atoms with E-state index < -0.39 is 0 Å². The van der Waals surface area contributed by atoms with E-state index in [1.807, 2.05) is 24.3 Å². The first kappa shape index (κ1) is 16.0. The van der Waals surface area contributed by atoms with Gasteiger partial charge in [-0.15, -0.1) is 0 Å². The van der Waals surface area contributed by atoms with Crippen molar-refractivity contribution in [2.24, 2.45) is 0 Å². The van der Waals surface area contributed by atoms with Gasteiger partial charge in [-0.3, -0.25) is 9.59 Å². The molecule has 0 heterocycles. The highest BCUT2D eigenvalue weighted by atomic mass is 16.5. The van der Waals surface area contributed by atoms with Crippen molar-refractivity contribution in [3.8, 4) is 5.75 Å². The van der Waals surface area contributed by atoms with Crippen molar-refractivity contribution in [2.75, 3.05) is 20.8 Å². The van der Waals surface area contributed by atoms with Crippen LogP contribution in [0, 0.1) is 0 Å². The number of benzene rings is 1. The smallest absolute Gasteiger partial charge is 0.306 e. The third kappa shape index (κ3) is 5.30. The molecule has 0 aromatic heterocycles. The van der Waals surface area contributed by atoms with Gasteiger partial charge in [0.05, 0.1) is 20.1 Å². The molecular formula is C15H21NO4. The van der Waals surface area contributed by atoms with E-state index in [0.717, 1.165) is 11.3 Å². The van der Waals surface area contributed by atoms with Crippen LogP contribution in [-0.4, -0.2) is 37.5 Å². The molecule has 5 heteroatoms. The molecule has 0 fully saturated rings. The first-order valence-electron chi connectivity index (χ1n) is 6.59. The minimum absolute atomic E-state index is 0.0751. The summed E-state index contributed by atoms with van der Waals surface area (Å²) in [7, 11) is 3.33. The zero-order valence-corrected chi connectivity index (χ0v) is 12.2. The first-order chi connectivity index (χ1) is 9.56. The zero-order valence-electron chi connectivity index (χ0n) is 12.2. The maximum absolute atomic E-state index is 11.9. The highest BCUT2D eigenvalue weighted by Gasteiger charge is 2.12. The van der Waals surface area contributed by atoms with E-state index in [4.69, 9.17) is 9.47 Å². The van der Waals surface area contributed by atoms with Gasteiger partial charge in [-0.2, -0.15) is 0 Å². The number of rotatable bonds is 7. The molecule has 0 spiro atoms. The van der Waals surface area contributed by atoms with Crippen molar-refractivity contribution in [1.82, 2.24) is 4.90 Å². The fourth-order valence-corrected chi connectivity index (χ4v) is 1.73. The van der Waals surface area contributed by atoms with Crippen LogP contribution in [-0.2, 0) is 20.9 Å². The lowest BCUT2D eigenvalue weighted by molar-refractivity contribution is -0.145. The molecular weight excluding hydrogens is 258 g/mol. The Morgan fingerprint density at radius 2 is 1.80 bits per heavy atom. The molecule has 110 valence electrons. The Labute approximate surface area is 119 Å². The normalized spacial score (nSPS) is 9.95. The molecule has 20 heavy (non-hydrogen) atoms. The second-order valence-electron chi connectivity index (χ2n) is 4.40. The lowest BCUT2D eigenvalue weighted by Gasteiger charge is -2.17. The number of carbonyl (C=O) groups excluding carboxylic acids is 2. The highest BCUT2D eigenvalue weighted by Crippen LogP contribution is 2.13. The Morgan fingerprint density at radius 3 is 2.35 bits per heavy atom. The summed E-state index contributed by atoms with van der Waals surface area (Å²) < 4.78 is 9.87. The van der Waals surface area contributed by atoms with Gasteiger partial charge < -0.3 is 14.4 Å². The number of ether oxygens (including phenoxy) is 2. The second-order valence-corrected chi connectivity index (χ2v) is 4.40. The number of esters is 1. The van der Waals surface area contributed by atoms with E-state index in [9.17, 15) is 9.59 Å². The average molecular weight is 279 g/mol. The van der Waals surface area contributed by atoms with E-state index >= 15 is 0 Å². The van der Waals surface area contributed by atoms with Crippen LogP contribution in [0.4, 0.5) is 0 Å². The Kier molecular flexibility index (Phi) is 6.56. The van der Waals surface area contributed by atoms with Gasteiger partial charge in [0.2, 0.25) is 5.91 Å². The Morgan fingerprint density at radius 1 is 1.15 bits per heavy atom.